The maximum absolute atomic E-state index is 12.5. The molecule has 116 valence electrons. The van der Waals surface area contributed by atoms with Gasteiger partial charge >= 0.3 is 0 Å². The summed E-state index contributed by atoms with van der Waals surface area (Å²) in [6, 6.07) is 5.92. The molecule has 0 saturated carbocycles. The minimum Gasteiger partial charge on any atom is -0.342 e. The van der Waals surface area contributed by atoms with E-state index in [2.05, 4.69) is 20.7 Å². The van der Waals surface area contributed by atoms with Gasteiger partial charge < -0.3 is 4.90 Å². The van der Waals surface area contributed by atoms with Crippen LogP contribution in [0.5, 0.6) is 0 Å². The first-order valence-electron chi connectivity index (χ1n) is 7.01. The number of carbonyl (C=O) groups excluding carboxylic acids is 1. The first-order valence-corrected chi connectivity index (χ1v) is 9.29. The van der Waals surface area contributed by atoms with Gasteiger partial charge in [0.25, 0.3) is 0 Å². The average Bonchev–Trinajstić information content (AvgIpc) is 2.61. The van der Waals surface area contributed by atoms with Gasteiger partial charge in [-0.05, 0) is 54.2 Å². The van der Waals surface area contributed by atoms with E-state index in [4.69, 9.17) is 0 Å². The average molecular weight is 375 g/mol. The third-order valence-electron chi connectivity index (χ3n) is 3.59. The van der Waals surface area contributed by atoms with Gasteiger partial charge in [0, 0.05) is 17.6 Å². The molecule has 1 aromatic rings. The molecule has 1 atom stereocenters. The molecule has 0 bridgehead atoms. The number of amides is 1. The Kier molecular flexibility index (Phi) is 5.40. The number of likely N-dealkylation sites (N-methyl/N-ethyl adjacent to an activating group) is 1. The summed E-state index contributed by atoms with van der Waals surface area (Å²) in [5.41, 5.74) is 0. The van der Waals surface area contributed by atoms with Crippen LogP contribution in [0.4, 0.5) is 0 Å². The first kappa shape index (κ1) is 16.5. The van der Waals surface area contributed by atoms with Crippen molar-refractivity contribution in [2.24, 2.45) is 0 Å². The summed E-state index contributed by atoms with van der Waals surface area (Å²) in [5, 5.41) is 0. The molecule has 1 N–H and O–H groups in total. The quantitative estimate of drug-likeness (QED) is 0.877. The third kappa shape index (κ3) is 3.84. The molecule has 0 aliphatic carbocycles. The van der Waals surface area contributed by atoms with Crippen LogP contribution in [0.15, 0.2) is 33.6 Å². The van der Waals surface area contributed by atoms with Crippen molar-refractivity contribution < 1.29 is 13.2 Å². The van der Waals surface area contributed by atoms with Gasteiger partial charge in [-0.1, -0.05) is 12.1 Å². The van der Waals surface area contributed by atoms with Crippen LogP contribution < -0.4 is 4.72 Å². The SMILES string of the molecule is CCN1CCCCC(NS(=O)(=O)c2ccccc2Br)C1=O. The van der Waals surface area contributed by atoms with Crippen molar-refractivity contribution in [1.29, 1.82) is 0 Å². The number of rotatable bonds is 4. The first-order chi connectivity index (χ1) is 9.95. The van der Waals surface area contributed by atoms with Crippen LogP contribution in [-0.4, -0.2) is 38.4 Å². The number of hydrogen-bond acceptors (Lipinski definition) is 3. The van der Waals surface area contributed by atoms with Crippen molar-refractivity contribution in [3.05, 3.63) is 28.7 Å². The number of likely N-dealkylation sites (tertiary alicyclic amines) is 1. The van der Waals surface area contributed by atoms with Crippen molar-refractivity contribution in [2.75, 3.05) is 13.1 Å². The Bertz CT molecular complexity index is 618. The van der Waals surface area contributed by atoms with E-state index in [9.17, 15) is 13.2 Å². The minimum absolute atomic E-state index is 0.134. The van der Waals surface area contributed by atoms with Crippen LogP contribution in [0, 0.1) is 0 Å². The molecule has 1 fully saturated rings. The maximum atomic E-state index is 12.5. The van der Waals surface area contributed by atoms with Gasteiger partial charge in [0.2, 0.25) is 15.9 Å². The van der Waals surface area contributed by atoms with Gasteiger partial charge in [0.05, 0.1) is 4.90 Å². The molecule has 1 aromatic carbocycles. The molecule has 7 heteroatoms. The van der Waals surface area contributed by atoms with Gasteiger partial charge in [-0.25, -0.2) is 8.42 Å². The lowest BCUT2D eigenvalue weighted by atomic mass is 10.1. The highest BCUT2D eigenvalue weighted by Gasteiger charge is 2.30. The summed E-state index contributed by atoms with van der Waals surface area (Å²) in [6.07, 6.45) is 2.29. The van der Waals surface area contributed by atoms with Crippen LogP contribution >= 0.6 is 15.9 Å². The summed E-state index contributed by atoms with van der Waals surface area (Å²) >= 11 is 3.24. The fourth-order valence-corrected chi connectivity index (χ4v) is 4.67. The van der Waals surface area contributed by atoms with Crippen LogP contribution in [0.1, 0.15) is 26.2 Å². The summed E-state index contributed by atoms with van der Waals surface area (Å²) < 4.78 is 28.0. The molecule has 1 aliphatic heterocycles. The summed E-state index contributed by atoms with van der Waals surface area (Å²) in [5.74, 6) is -0.134. The molecule has 1 amide bonds. The Morgan fingerprint density at radius 2 is 2.05 bits per heavy atom. The molecule has 1 aliphatic rings. The zero-order valence-electron chi connectivity index (χ0n) is 11.9. The van der Waals surface area contributed by atoms with E-state index in [1.807, 2.05) is 6.92 Å². The number of sulfonamides is 1. The number of nitrogens with one attached hydrogen (secondary N) is 1. The Labute approximate surface area is 133 Å². The number of halogens is 1. The standard InChI is InChI=1S/C14H19BrN2O3S/c1-2-17-10-6-5-8-12(14(17)18)16-21(19,20)13-9-4-3-7-11(13)15/h3-4,7,9,12,16H,2,5-6,8,10H2,1H3. The molecule has 1 unspecified atom stereocenters. The van der Waals surface area contributed by atoms with Crippen molar-refractivity contribution in [3.8, 4) is 0 Å². The lowest BCUT2D eigenvalue weighted by molar-refractivity contribution is -0.132. The van der Waals surface area contributed by atoms with E-state index in [0.29, 0.717) is 24.0 Å². The highest BCUT2D eigenvalue weighted by Crippen LogP contribution is 2.22. The Morgan fingerprint density at radius 1 is 1.33 bits per heavy atom. The molecule has 5 nitrogen and oxygen atoms in total. The highest BCUT2D eigenvalue weighted by molar-refractivity contribution is 9.10. The van der Waals surface area contributed by atoms with E-state index in [0.717, 1.165) is 12.8 Å². The van der Waals surface area contributed by atoms with E-state index < -0.39 is 16.1 Å². The van der Waals surface area contributed by atoms with Gasteiger partial charge in [-0.2, -0.15) is 4.72 Å². The Balaban J connectivity index is 2.23. The topological polar surface area (TPSA) is 66.5 Å². The highest BCUT2D eigenvalue weighted by atomic mass is 79.9. The monoisotopic (exact) mass is 374 g/mol. The third-order valence-corrected chi connectivity index (χ3v) is 6.07. The van der Waals surface area contributed by atoms with Crippen molar-refractivity contribution in [3.63, 3.8) is 0 Å². The van der Waals surface area contributed by atoms with E-state index in [1.165, 1.54) is 6.07 Å². The van der Waals surface area contributed by atoms with Crippen LogP contribution in [0.2, 0.25) is 0 Å². The van der Waals surface area contributed by atoms with Crippen LogP contribution in [-0.2, 0) is 14.8 Å². The molecule has 21 heavy (non-hydrogen) atoms. The lowest BCUT2D eigenvalue weighted by Crippen LogP contribution is -2.47. The number of carbonyl (C=O) groups is 1. The largest absolute Gasteiger partial charge is 0.342 e. The fraction of sp³-hybridized carbons (Fsp3) is 0.500. The molecule has 1 saturated heterocycles. The van der Waals surface area contributed by atoms with E-state index in [-0.39, 0.29) is 10.8 Å². The molecule has 2 rings (SSSR count). The molecule has 0 radical (unpaired) electrons. The summed E-state index contributed by atoms with van der Waals surface area (Å²) in [4.78, 5) is 14.2. The predicted molar refractivity (Wildman–Crippen MR) is 84.4 cm³/mol. The number of hydrogen-bond donors (Lipinski definition) is 1. The maximum Gasteiger partial charge on any atom is 0.242 e. The smallest absolute Gasteiger partial charge is 0.242 e. The lowest BCUT2D eigenvalue weighted by Gasteiger charge is -2.23. The van der Waals surface area contributed by atoms with E-state index >= 15 is 0 Å². The van der Waals surface area contributed by atoms with Crippen LogP contribution in [0.25, 0.3) is 0 Å². The van der Waals surface area contributed by atoms with Gasteiger partial charge in [0.15, 0.2) is 0 Å². The molecular weight excluding hydrogens is 356 g/mol. The molecule has 1 heterocycles. The van der Waals surface area contributed by atoms with Crippen molar-refractivity contribution in [1.82, 2.24) is 9.62 Å². The second-order valence-corrected chi connectivity index (χ2v) is 7.55. The number of nitrogens with zero attached hydrogens (tertiary/aromatic N) is 1. The van der Waals surface area contributed by atoms with Crippen LogP contribution in [0.3, 0.4) is 0 Å². The summed E-state index contributed by atoms with van der Waals surface area (Å²) in [6.45, 7) is 3.21. The normalized spacial score (nSPS) is 20.4. The summed E-state index contributed by atoms with van der Waals surface area (Å²) in [7, 11) is -3.72. The zero-order chi connectivity index (χ0) is 15.5. The molecule has 0 spiro atoms. The van der Waals surface area contributed by atoms with Crippen molar-refractivity contribution >= 4 is 31.9 Å². The molecule has 0 aromatic heterocycles. The number of benzene rings is 1. The van der Waals surface area contributed by atoms with Gasteiger partial charge in [0.1, 0.15) is 6.04 Å². The second-order valence-electron chi connectivity index (χ2n) is 5.02. The minimum atomic E-state index is -3.72. The van der Waals surface area contributed by atoms with E-state index in [1.54, 1.807) is 23.1 Å². The van der Waals surface area contributed by atoms with Gasteiger partial charge in [-0.15, -0.1) is 0 Å². The Morgan fingerprint density at radius 3 is 2.71 bits per heavy atom. The predicted octanol–water partition coefficient (Wildman–Crippen LogP) is 2.13. The fourth-order valence-electron chi connectivity index (χ4n) is 2.44. The second kappa shape index (κ2) is 6.89. The van der Waals surface area contributed by atoms with Crippen molar-refractivity contribution in [2.45, 2.75) is 37.1 Å². The molecular formula is C14H19BrN2O3S. The Hall–Kier alpha value is -0.920. The van der Waals surface area contributed by atoms with Gasteiger partial charge in [-0.3, -0.25) is 4.79 Å². The zero-order valence-corrected chi connectivity index (χ0v) is 14.3.